The Morgan fingerprint density at radius 2 is 1.96 bits per heavy atom. The van der Waals surface area contributed by atoms with E-state index in [9.17, 15) is 9.59 Å². The van der Waals surface area contributed by atoms with Crippen molar-refractivity contribution in [1.29, 1.82) is 0 Å². The number of likely N-dealkylation sites (tertiary alicyclic amines) is 1. The van der Waals surface area contributed by atoms with Gasteiger partial charge in [0.25, 0.3) is 5.91 Å². The summed E-state index contributed by atoms with van der Waals surface area (Å²) < 4.78 is 5.42. The van der Waals surface area contributed by atoms with E-state index in [2.05, 4.69) is 22.1 Å². The highest BCUT2D eigenvalue weighted by molar-refractivity contribution is 5.94. The maximum Gasteiger partial charge on any atom is 0.251 e. The van der Waals surface area contributed by atoms with Crippen LogP contribution in [0, 0.1) is 0 Å². The Balaban J connectivity index is 1.73. The number of amides is 2. The third-order valence-corrected chi connectivity index (χ3v) is 4.35. The van der Waals surface area contributed by atoms with Gasteiger partial charge in [0.15, 0.2) is 0 Å². The minimum Gasteiger partial charge on any atom is -0.490 e. The number of ether oxygens (including phenoxy) is 1. The number of nitrogens with zero attached hydrogens (tertiary/aromatic N) is 1. The minimum atomic E-state index is -0.0700. The summed E-state index contributed by atoms with van der Waals surface area (Å²) in [5.41, 5.74) is 0.623. The lowest BCUT2D eigenvalue weighted by molar-refractivity contribution is -0.122. The lowest BCUT2D eigenvalue weighted by atomic mass is 10.0. The van der Waals surface area contributed by atoms with Crippen molar-refractivity contribution in [2.45, 2.75) is 32.2 Å². The van der Waals surface area contributed by atoms with Crippen LogP contribution in [0.15, 0.2) is 36.9 Å². The van der Waals surface area contributed by atoms with Gasteiger partial charge in [0.2, 0.25) is 5.91 Å². The monoisotopic (exact) mass is 359 g/mol. The molecule has 2 rings (SSSR count). The molecule has 0 aliphatic carbocycles. The van der Waals surface area contributed by atoms with Crippen LogP contribution in [0.1, 0.15) is 36.5 Å². The molecule has 0 bridgehead atoms. The summed E-state index contributed by atoms with van der Waals surface area (Å²) in [5, 5.41) is 5.98. The van der Waals surface area contributed by atoms with Crippen LogP contribution in [0.2, 0.25) is 0 Å². The molecule has 0 unspecified atom stereocenters. The first kappa shape index (κ1) is 20.0. The first-order valence-electron chi connectivity index (χ1n) is 9.26. The van der Waals surface area contributed by atoms with Crippen LogP contribution in [-0.4, -0.2) is 55.5 Å². The van der Waals surface area contributed by atoms with Crippen LogP contribution >= 0.6 is 0 Å². The second-order valence-corrected chi connectivity index (χ2v) is 6.50. The number of carbonyl (C=O) groups is 2. The zero-order chi connectivity index (χ0) is 18.8. The Morgan fingerprint density at radius 3 is 2.58 bits per heavy atom. The molecule has 1 aliphatic heterocycles. The van der Waals surface area contributed by atoms with E-state index >= 15 is 0 Å². The van der Waals surface area contributed by atoms with E-state index in [1.165, 1.54) is 0 Å². The highest BCUT2D eigenvalue weighted by Crippen LogP contribution is 2.14. The molecule has 2 N–H and O–H groups in total. The molecule has 6 heteroatoms. The number of hydrogen-bond acceptors (Lipinski definition) is 4. The van der Waals surface area contributed by atoms with Gasteiger partial charge in [-0.3, -0.25) is 14.5 Å². The number of benzene rings is 1. The lowest BCUT2D eigenvalue weighted by Crippen LogP contribution is -2.47. The van der Waals surface area contributed by atoms with Crippen molar-refractivity contribution in [2.24, 2.45) is 0 Å². The van der Waals surface area contributed by atoms with Crippen LogP contribution < -0.4 is 15.4 Å². The second kappa shape index (κ2) is 10.6. The zero-order valence-corrected chi connectivity index (χ0v) is 15.5. The molecule has 1 saturated heterocycles. The van der Waals surface area contributed by atoms with E-state index in [0.29, 0.717) is 18.7 Å². The highest BCUT2D eigenvalue weighted by atomic mass is 16.5. The van der Waals surface area contributed by atoms with Crippen molar-refractivity contribution < 1.29 is 14.3 Å². The number of hydrogen-bond donors (Lipinski definition) is 2. The standard InChI is InChI=1S/C20H29N3O3/c1-3-11-21-19(24)15-23-12-9-17(10-13-23)22-20(25)16-5-7-18(8-6-16)26-14-4-2/h4-8,17H,2-3,9-15H2,1H3,(H,21,24)(H,22,25). The molecule has 6 nitrogen and oxygen atoms in total. The fraction of sp³-hybridized carbons (Fsp3) is 0.500. The van der Waals surface area contributed by atoms with Crippen LogP contribution in [0.3, 0.4) is 0 Å². The predicted octanol–water partition coefficient (Wildman–Crippen LogP) is 1.97. The maximum atomic E-state index is 12.4. The smallest absolute Gasteiger partial charge is 0.251 e. The van der Waals surface area contributed by atoms with Crippen LogP contribution in [0.5, 0.6) is 5.75 Å². The van der Waals surface area contributed by atoms with Gasteiger partial charge in [-0.15, -0.1) is 0 Å². The lowest BCUT2D eigenvalue weighted by Gasteiger charge is -2.31. The van der Waals surface area contributed by atoms with Crippen molar-refractivity contribution in [3.8, 4) is 5.75 Å². The van der Waals surface area contributed by atoms with Crippen molar-refractivity contribution in [3.05, 3.63) is 42.5 Å². The fourth-order valence-corrected chi connectivity index (χ4v) is 2.89. The molecule has 1 fully saturated rings. The van der Waals surface area contributed by atoms with Gasteiger partial charge in [0.1, 0.15) is 12.4 Å². The Kier molecular flexibility index (Phi) is 8.15. The van der Waals surface area contributed by atoms with E-state index in [1.54, 1.807) is 30.3 Å². The number of carbonyl (C=O) groups excluding carboxylic acids is 2. The van der Waals surface area contributed by atoms with Gasteiger partial charge in [0.05, 0.1) is 6.54 Å². The van der Waals surface area contributed by atoms with Crippen molar-refractivity contribution >= 4 is 11.8 Å². The summed E-state index contributed by atoms with van der Waals surface area (Å²) in [4.78, 5) is 26.3. The molecule has 0 aromatic heterocycles. The van der Waals surface area contributed by atoms with E-state index in [4.69, 9.17) is 4.74 Å². The predicted molar refractivity (Wildman–Crippen MR) is 102 cm³/mol. The summed E-state index contributed by atoms with van der Waals surface area (Å²) in [5.74, 6) is 0.726. The topological polar surface area (TPSA) is 70.7 Å². The molecule has 1 aliphatic rings. The third-order valence-electron chi connectivity index (χ3n) is 4.35. The molecule has 142 valence electrons. The SMILES string of the molecule is C=CCOc1ccc(C(=O)NC2CCN(CC(=O)NCCC)CC2)cc1. The molecule has 2 amide bonds. The number of rotatable bonds is 9. The zero-order valence-electron chi connectivity index (χ0n) is 15.5. The van der Waals surface area contributed by atoms with Crippen LogP contribution in [0.4, 0.5) is 0 Å². The number of piperidine rings is 1. The van der Waals surface area contributed by atoms with E-state index < -0.39 is 0 Å². The van der Waals surface area contributed by atoms with Gasteiger partial charge < -0.3 is 15.4 Å². The quantitative estimate of drug-likeness (QED) is 0.662. The first-order chi connectivity index (χ1) is 12.6. The van der Waals surface area contributed by atoms with Crippen molar-refractivity contribution in [3.63, 3.8) is 0 Å². The summed E-state index contributed by atoms with van der Waals surface area (Å²) in [6.45, 7) is 8.89. The van der Waals surface area contributed by atoms with Gasteiger partial charge >= 0.3 is 0 Å². The molecule has 1 aromatic carbocycles. The van der Waals surface area contributed by atoms with E-state index in [1.807, 2.05) is 6.92 Å². The molecular weight excluding hydrogens is 330 g/mol. The molecular formula is C20H29N3O3. The number of nitrogens with one attached hydrogen (secondary N) is 2. The highest BCUT2D eigenvalue weighted by Gasteiger charge is 2.22. The van der Waals surface area contributed by atoms with E-state index in [-0.39, 0.29) is 17.9 Å². The molecule has 26 heavy (non-hydrogen) atoms. The van der Waals surface area contributed by atoms with E-state index in [0.717, 1.165) is 44.6 Å². The normalized spacial score (nSPS) is 15.3. The van der Waals surface area contributed by atoms with Gasteiger partial charge in [-0.05, 0) is 43.5 Å². The summed E-state index contributed by atoms with van der Waals surface area (Å²) in [6, 6.07) is 7.25. The third kappa shape index (κ3) is 6.52. The Hall–Kier alpha value is -2.34. The first-order valence-corrected chi connectivity index (χ1v) is 9.26. The Morgan fingerprint density at radius 1 is 1.27 bits per heavy atom. The molecule has 0 atom stereocenters. The van der Waals surface area contributed by atoms with Crippen molar-refractivity contribution in [2.75, 3.05) is 32.8 Å². The average molecular weight is 359 g/mol. The maximum absolute atomic E-state index is 12.4. The van der Waals surface area contributed by atoms with Gasteiger partial charge in [0, 0.05) is 31.2 Å². The second-order valence-electron chi connectivity index (χ2n) is 6.50. The Labute approximate surface area is 155 Å². The van der Waals surface area contributed by atoms with Gasteiger partial charge in [-0.2, -0.15) is 0 Å². The largest absolute Gasteiger partial charge is 0.490 e. The van der Waals surface area contributed by atoms with Crippen LogP contribution in [-0.2, 0) is 4.79 Å². The summed E-state index contributed by atoms with van der Waals surface area (Å²) in [6.07, 6.45) is 4.34. The minimum absolute atomic E-state index is 0.0700. The van der Waals surface area contributed by atoms with Gasteiger partial charge in [-0.25, -0.2) is 0 Å². The average Bonchev–Trinajstić information content (AvgIpc) is 2.66. The molecule has 1 heterocycles. The van der Waals surface area contributed by atoms with Gasteiger partial charge in [-0.1, -0.05) is 19.6 Å². The Bertz CT molecular complexity index is 593. The van der Waals surface area contributed by atoms with Crippen LogP contribution in [0.25, 0.3) is 0 Å². The molecule has 0 saturated carbocycles. The summed E-state index contributed by atoms with van der Waals surface area (Å²) in [7, 11) is 0. The summed E-state index contributed by atoms with van der Waals surface area (Å²) >= 11 is 0. The molecule has 0 radical (unpaired) electrons. The molecule has 1 aromatic rings. The fourth-order valence-electron chi connectivity index (χ4n) is 2.89. The molecule has 0 spiro atoms. The van der Waals surface area contributed by atoms with Crippen molar-refractivity contribution in [1.82, 2.24) is 15.5 Å².